The highest BCUT2D eigenvalue weighted by Gasteiger charge is 2.20. The maximum Gasteiger partial charge on any atom is 0.0964 e. The number of hydrogen-bond acceptors (Lipinski definition) is 5. The monoisotopic (exact) mass is 286 g/mol. The Labute approximate surface area is 125 Å². The molecule has 0 aromatic carbocycles. The second-order valence-electron chi connectivity index (χ2n) is 5.72. The third kappa shape index (κ3) is 4.61. The van der Waals surface area contributed by atoms with Gasteiger partial charge in [0.2, 0.25) is 0 Å². The topological polar surface area (TPSA) is 58.9 Å². The standard InChI is InChI=1S/C15H22N6/c1-20(11-13-4-6-16-7-5-13)8-9-21-12-15(18-19-21)10-17-14-2-3-14/h4-7,12,14,17H,2-3,8-11H2,1H3. The van der Waals surface area contributed by atoms with Crippen LogP contribution in [0.5, 0.6) is 0 Å². The minimum Gasteiger partial charge on any atom is -0.308 e. The normalized spacial score (nSPS) is 14.8. The first-order chi connectivity index (χ1) is 10.3. The van der Waals surface area contributed by atoms with Crippen molar-refractivity contribution >= 4 is 0 Å². The lowest BCUT2D eigenvalue weighted by atomic mass is 10.2. The van der Waals surface area contributed by atoms with Crippen molar-refractivity contribution in [3.05, 3.63) is 42.0 Å². The molecule has 21 heavy (non-hydrogen) atoms. The lowest BCUT2D eigenvalue weighted by Crippen LogP contribution is -2.23. The molecular weight excluding hydrogens is 264 g/mol. The van der Waals surface area contributed by atoms with Gasteiger partial charge in [-0.2, -0.15) is 0 Å². The fourth-order valence-corrected chi connectivity index (χ4v) is 2.22. The first-order valence-corrected chi connectivity index (χ1v) is 7.49. The number of rotatable bonds is 8. The van der Waals surface area contributed by atoms with Gasteiger partial charge >= 0.3 is 0 Å². The molecule has 1 aliphatic rings. The van der Waals surface area contributed by atoms with Gasteiger partial charge in [-0.1, -0.05) is 5.21 Å². The molecule has 0 saturated heterocycles. The molecule has 0 amide bonds. The van der Waals surface area contributed by atoms with Crippen molar-refractivity contribution in [1.29, 1.82) is 0 Å². The van der Waals surface area contributed by atoms with Crippen LogP contribution in [0.15, 0.2) is 30.7 Å². The lowest BCUT2D eigenvalue weighted by molar-refractivity contribution is 0.303. The van der Waals surface area contributed by atoms with Gasteiger partial charge in [0, 0.05) is 44.3 Å². The van der Waals surface area contributed by atoms with Gasteiger partial charge in [-0.25, -0.2) is 0 Å². The Morgan fingerprint density at radius 1 is 1.33 bits per heavy atom. The Hall–Kier alpha value is -1.79. The maximum absolute atomic E-state index is 4.20. The van der Waals surface area contributed by atoms with E-state index in [0.29, 0.717) is 6.04 Å². The van der Waals surface area contributed by atoms with Gasteiger partial charge in [-0.15, -0.1) is 5.10 Å². The molecule has 2 aromatic rings. The second kappa shape index (κ2) is 6.78. The van der Waals surface area contributed by atoms with Crippen molar-refractivity contribution < 1.29 is 0 Å². The predicted octanol–water partition coefficient (Wildman–Crippen LogP) is 1.06. The number of pyridine rings is 1. The number of nitrogens with one attached hydrogen (secondary N) is 1. The lowest BCUT2D eigenvalue weighted by Gasteiger charge is -2.16. The summed E-state index contributed by atoms with van der Waals surface area (Å²) in [6.45, 7) is 3.56. The van der Waals surface area contributed by atoms with Gasteiger partial charge < -0.3 is 10.2 Å². The third-order valence-electron chi connectivity index (χ3n) is 3.65. The van der Waals surface area contributed by atoms with E-state index in [0.717, 1.165) is 31.9 Å². The molecule has 2 aromatic heterocycles. The Morgan fingerprint density at radius 2 is 2.14 bits per heavy atom. The summed E-state index contributed by atoms with van der Waals surface area (Å²) in [7, 11) is 2.12. The Balaban J connectivity index is 1.41. The maximum atomic E-state index is 4.20. The molecular formula is C15H22N6. The highest BCUT2D eigenvalue weighted by atomic mass is 15.4. The van der Waals surface area contributed by atoms with E-state index in [1.54, 1.807) is 0 Å². The van der Waals surface area contributed by atoms with E-state index < -0.39 is 0 Å². The molecule has 1 saturated carbocycles. The SMILES string of the molecule is CN(CCn1cc(CNC2CC2)nn1)Cc1ccncc1. The molecule has 6 nitrogen and oxygen atoms in total. The average Bonchev–Trinajstić information content (AvgIpc) is 3.22. The summed E-state index contributed by atoms with van der Waals surface area (Å²) < 4.78 is 1.92. The molecule has 1 N–H and O–H groups in total. The van der Waals surface area contributed by atoms with Crippen molar-refractivity contribution in [3.63, 3.8) is 0 Å². The molecule has 0 bridgehead atoms. The molecule has 0 atom stereocenters. The van der Waals surface area contributed by atoms with Crippen LogP contribution in [0.2, 0.25) is 0 Å². The van der Waals surface area contributed by atoms with Crippen molar-refractivity contribution in [2.75, 3.05) is 13.6 Å². The van der Waals surface area contributed by atoms with E-state index >= 15 is 0 Å². The zero-order chi connectivity index (χ0) is 14.5. The van der Waals surface area contributed by atoms with Gasteiger partial charge in [0.1, 0.15) is 0 Å². The second-order valence-corrected chi connectivity index (χ2v) is 5.72. The Morgan fingerprint density at radius 3 is 2.90 bits per heavy atom. The van der Waals surface area contributed by atoms with Crippen LogP contribution in [0.1, 0.15) is 24.1 Å². The molecule has 0 spiro atoms. The van der Waals surface area contributed by atoms with Crippen LogP contribution >= 0.6 is 0 Å². The minimum absolute atomic E-state index is 0.710. The van der Waals surface area contributed by atoms with E-state index in [1.807, 2.05) is 35.4 Å². The Bertz CT molecular complexity index is 548. The summed E-state index contributed by atoms with van der Waals surface area (Å²) in [5.41, 5.74) is 2.30. The smallest absolute Gasteiger partial charge is 0.0964 e. The van der Waals surface area contributed by atoms with Gasteiger partial charge in [0.05, 0.1) is 12.2 Å². The first kappa shape index (κ1) is 14.2. The van der Waals surface area contributed by atoms with Crippen LogP contribution in [0.3, 0.4) is 0 Å². The van der Waals surface area contributed by atoms with E-state index in [4.69, 9.17) is 0 Å². The number of hydrogen-bond donors (Lipinski definition) is 1. The van der Waals surface area contributed by atoms with Crippen molar-refractivity contribution in [2.24, 2.45) is 0 Å². The fourth-order valence-electron chi connectivity index (χ4n) is 2.22. The van der Waals surface area contributed by atoms with Crippen molar-refractivity contribution in [1.82, 2.24) is 30.2 Å². The summed E-state index contributed by atoms with van der Waals surface area (Å²) >= 11 is 0. The van der Waals surface area contributed by atoms with Gasteiger partial charge in [0.15, 0.2) is 0 Å². The predicted molar refractivity (Wildman–Crippen MR) is 80.5 cm³/mol. The molecule has 0 aliphatic heterocycles. The van der Waals surface area contributed by atoms with Crippen LogP contribution in [-0.4, -0.2) is 44.5 Å². The summed E-state index contributed by atoms with van der Waals surface area (Å²) in [5, 5.41) is 11.8. The quantitative estimate of drug-likeness (QED) is 0.786. The molecule has 2 heterocycles. The highest BCUT2D eigenvalue weighted by Crippen LogP contribution is 2.18. The largest absolute Gasteiger partial charge is 0.308 e. The van der Waals surface area contributed by atoms with Crippen molar-refractivity contribution in [3.8, 4) is 0 Å². The zero-order valence-corrected chi connectivity index (χ0v) is 12.4. The summed E-state index contributed by atoms with van der Waals surface area (Å²) in [5.74, 6) is 0. The van der Waals surface area contributed by atoms with E-state index in [9.17, 15) is 0 Å². The number of likely N-dealkylation sites (N-methyl/N-ethyl adjacent to an activating group) is 1. The molecule has 1 fully saturated rings. The van der Waals surface area contributed by atoms with Gasteiger partial charge in [-0.05, 0) is 37.6 Å². The molecule has 1 aliphatic carbocycles. The van der Waals surface area contributed by atoms with E-state index in [2.05, 4.69) is 32.6 Å². The molecule has 112 valence electrons. The summed E-state index contributed by atoms with van der Waals surface area (Å²) in [6, 6.07) is 4.81. The first-order valence-electron chi connectivity index (χ1n) is 7.49. The third-order valence-corrected chi connectivity index (χ3v) is 3.65. The summed E-state index contributed by atoms with van der Waals surface area (Å²) in [6.07, 6.45) is 8.30. The van der Waals surface area contributed by atoms with Crippen molar-refractivity contribution in [2.45, 2.75) is 38.5 Å². The van der Waals surface area contributed by atoms with Crippen LogP contribution in [0, 0.1) is 0 Å². The van der Waals surface area contributed by atoms with Gasteiger partial charge in [0.25, 0.3) is 0 Å². The number of nitrogens with zero attached hydrogens (tertiary/aromatic N) is 5. The summed E-state index contributed by atoms with van der Waals surface area (Å²) in [4.78, 5) is 6.31. The Kier molecular flexibility index (Phi) is 4.57. The van der Waals surface area contributed by atoms with E-state index in [1.165, 1.54) is 18.4 Å². The van der Waals surface area contributed by atoms with Crippen LogP contribution in [0.4, 0.5) is 0 Å². The molecule has 6 heteroatoms. The van der Waals surface area contributed by atoms with Crippen LogP contribution < -0.4 is 5.32 Å². The van der Waals surface area contributed by atoms with Crippen LogP contribution in [-0.2, 0) is 19.6 Å². The van der Waals surface area contributed by atoms with Gasteiger partial charge in [-0.3, -0.25) is 9.67 Å². The van der Waals surface area contributed by atoms with E-state index in [-0.39, 0.29) is 0 Å². The highest BCUT2D eigenvalue weighted by molar-refractivity contribution is 5.09. The van der Waals surface area contributed by atoms with Crippen LogP contribution in [0.25, 0.3) is 0 Å². The molecule has 0 unspecified atom stereocenters. The minimum atomic E-state index is 0.710. The number of aromatic nitrogens is 4. The fraction of sp³-hybridized carbons (Fsp3) is 0.533. The zero-order valence-electron chi connectivity index (χ0n) is 12.4. The molecule has 0 radical (unpaired) electrons. The average molecular weight is 286 g/mol. The molecule has 3 rings (SSSR count).